The van der Waals surface area contributed by atoms with Crippen LogP contribution < -0.4 is 11.1 Å². The highest BCUT2D eigenvalue weighted by atomic mass is 32.1. The van der Waals surface area contributed by atoms with Crippen molar-refractivity contribution in [1.29, 1.82) is 5.26 Å². The van der Waals surface area contributed by atoms with Crippen LogP contribution in [0.5, 0.6) is 0 Å². The standard InChI is InChI=1S/C20H22N6O2S/c1-12-16(13-5-8-23-15(10-13)20(11-21)6-3-7-20)29-18(24-12)25-19(28)26-9-2-4-14(26)17(22)27/h5,8,10,14H,2-4,6-7,9H2,1H3,(H2,22,27)(H,24,25,28). The molecule has 3 heterocycles. The van der Waals surface area contributed by atoms with Crippen LogP contribution in [0.4, 0.5) is 9.93 Å². The Balaban J connectivity index is 1.55. The fraction of sp³-hybridized carbons (Fsp3) is 0.450. The van der Waals surface area contributed by atoms with Gasteiger partial charge in [0.25, 0.3) is 0 Å². The molecule has 3 N–H and O–H groups in total. The van der Waals surface area contributed by atoms with Gasteiger partial charge in [0, 0.05) is 12.7 Å². The van der Waals surface area contributed by atoms with E-state index in [0.29, 0.717) is 18.1 Å². The van der Waals surface area contributed by atoms with E-state index in [2.05, 4.69) is 21.4 Å². The second kappa shape index (κ2) is 7.44. The molecule has 2 aliphatic rings. The van der Waals surface area contributed by atoms with Gasteiger partial charge in [-0.2, -0.15) is 5.26 Å². The quantitative estimate of drug-likeness (QED) is 0.802. The molecule has 2 aromatic heterocycles. The molecule has 8 nitrogen and oxygen atoms in total. The monoisotopic (exact) mass is 410 g/mol. The number of aryl methyl sites for hydroxylation is 1. The number of primary amides is 1. The summed E-state index contributed by atoms with van der Waals surface area (Å²) in [5.41, 5.74) is 7.43. The van der Waals surface area contributed by atoms with E-state index in [1.165, 1.54) is 16.2 Å². The number of carbonyl (C=O) groups excluding carboxylic acids is 2. The van der Waals surface area contributed by atoms with E-state index in [1.54, 1.807) is 6.20 Å². The van der Waals surface area contributed by atoms with Crippen molar-refractivity contribution in [2.24, 2.45) is 5.73 Å². The topological polar surface area (TPSA) is 125 Å². The van der Waals surface area contributed by atoms with Crippen LogP contribution in [0.15, 0.2) is 18.3 Å². The highest BCUT2D eigenvalue weighted by molar-refractivity contribution is 7.19. The summed E-state index contributed by atoms with van der Waals surface area (Å²) in [7, 11) is 0. The lowest BCUT2D eigenvalue weighted by molar-refractivity contribution is -0.121. The van der Waals surface area contributed by atoms with Crippen molar-refractivity contribution < 1.29 is 9.59 Å². The van der Waals surface area contributed by atoms with Crippen molar-refractivity contribution in [2.75, 3.05) is 11.9 Å². The molecule has 4 rings (SSSR count). The number of hydrogen-bond donors (Lipinski definition) is 2. The molecule has 1 aliphatic carbocycles. The predicted molar refractivity (Wildman–Crippen MR) is 109 cm³/mol. The third kappa shape index (κ3) is 3.44. The highest BCUT2D eigenvalue weighted by Gasteiger charge is 2.40. The van der Waals surface area contributed by atoms with Crippen molar-refractivity contribution in [3.05, 3.63) is 29.7 Å². The number of anilines is 1. The van der Waals surface area contributed by atoms with Crippen LogP contribution in [0.3, 0.4) is 0 Å². The van der Waals surface area contributed by atoms with Crippen LogP contribution in [0.25, 0.3) is 10.4 Å². The molecule has 1 aliphatic heterocycles. The zero-order valence-corrected chi connectivity index (χ0v) is 17.0. The second-order valence-corrected chi connectivity index (χ2v) is 8.59. The first-order valence-corrected chi connectivity index (χ1v) is 10.5. The average molecular weight is 411 g/mol. The van der Waals surface area contributed by atoms with Crippen LogP contribution >= 0.6 is 11.3 Å². The van der Waals surface area contributed by atoms with Crippen molar-refractivity contribution in [3.63, 3.8) is 0 Å². The summed E-state index contributed by atoms with van der Waals surface area (Å²) in [6.45, 7) is 2.38. The number of pyridine rings is 1. The van der Waals surface area contributed by atoms with E-state index in [4.69, 9.17) is 5.73 Å². The lowest BCUT2D eigenvalue weighted by Crippen LogP contribution is -2.45. The van der Waals surface area contributed by atoms with Gasteiger partial charge >= 0.3 is 6.03 Å². The molecule has 2 fully saturated rings. The van der Waals surface area contributed by atoms with E-state index in [9.17, 15) is 14.9 Å². The average Bonchev–Trinajstić information content (AvgIpc) is 3.28. The maximum absolute atomic E-state index is 12.6. The Morgan fingerprint density at radius 2 is 2.21 bits per heavy atom. The fourth-order valence-corrected chi connectivity index (χ4v) is 4.93. The summed E-state index contributed by atoms with van der Waals surface area (Å²) in [5, 5.41) is 12.9. The summed E-state index contributed by atoms with van der Waals surface area (Å²) in [6.07, 6.45) is 5.77. The van der Waals surface area contributed by atoms with Gasteiger partial charge in [0.05, 0.1) is 27.7 Å². The lowest BCUT2D eigenvalue weighted by Gasteiger charge is -2.34. The van der Waals surface area contributed by atoms with Crippen molar-refractivity contribution in [2.45, 2.75) is 50.5 Å². The Labute approximate surface area is 172 Å². The number of likely N-dealkylation sites (tertiary alicyclic amines) is 1. The summed E-state index contributed by atoms with van der Waals surface area (Å²) in [4.78, 5) is 35.4. The molecular weight excluding hydrogens is 388 g/mol. The van der Waals surface area contributed by atoms with Crippen LogP contribution in [0.2, 0.25) is 0 Å². The zero-order chi connectivity index (χ0) is 20.6. The molecule has 1 saturated carbocycles. The van der Waals surface area contributed by atoms with Crippen molar-refractivity contribution >= 4 is 28.4 Å². The van der Waals surface area contributed by atoms with Crippen LogP contribution in [0.1, 0.15) is 43.5 Å². The number of thiazole rings is 1. The van der Waals surface area contributed by atoms with Gasteiger partial charge in [-0.1, -0.05) is 11.3 Å². The molecule has 0 aromatic carbocycles. The minimum absolute atomic E-state index is 0.361. The molecule has 1 saturated heterocycles. The van der Waals surface area contributed by atoms with Gasteiger partial charge in [0.1, 0.15) is 6.04 Å². The minimum Gasteiger partial charge on any atom is -0.368 e. The number of nitrogens with two attached hydrogens (primary N) is 1. The van der Waals surface area contributed by atoms with E-state index in [0.717, 1.165) is 47.5 Å². The number of nitrogens with zero attached hydrogens (tertiary/aromatic N) is 4. The molecule has 29 heavy (non-hydrogen) atoms. The SMILES string of the molecule is Cc1nc(NC(=O)N2CCCC2C(N)=O)sc1-c1ccnc(C2(C#N)CCC2)c1. The molecule has 1 unspecified atom stereocenters. The van der Waals surface area contributed by atoms with Gasteiger partial charge in [-0.25, -0.2) is 9.78 Å². The van der Waals surface area contributed by atoms with Gasteiger partial charge in [-0.15, -0.1) is 0 Å². The molecule has 0 spiro atoms. The first kappa shape index (κ1) is 19.3. The Kier molecular flexibility index (Phi) is 4.96. The Hall–Kier alpha value is -2.99. The molecule has 3 amide bonds. The van der Waals surface area contributed by atoms with Gasteiger partial charge < -0.3 is 10.6 Å². The number of nitrogens with one attached hydrogen (secondary N) is 1. The summed E-state index contributed by atoms with van der Waals surface area (Å²) >= 11 is 1.37. The smallest absolute Gasteiger partial charge is 0.324 e. The zero-order valence-electron chi connectivity index (χ0n) is 16.1. The number of rotatable bonds is 4. The molecule has 0 bridgehead atoms. The molecule has 1 atom stereocenters. The Morgan fingerprint density at radius 3 is 2.86 bits per heavy atom. The van der Waals surface area contributed by atoms with Gasteiger partial charge in [-0.3, -0.25) is 15.1 Å². The molecule has 9 heteroatoms. The van der Waals surface area contributed by atoms with E-state index < -0.39 is 17.4 Å². The summed E-state index contributed by atoms with van der Waals surface area (Å²) in [5.74, 6) is -0.486. The third-order valence-corrected chi connectivity index (χ3v) is 6.91. The van der Waals surface area contributed by atoms with Crippen molar-refractivity contribution in [3.8, 4) is 16.5 Å². The normalized spacial score (nSPS) is 20.0. The van der Waals surface area contributed by atoms with E-state index >= 15 is 0 Å². The number of hydrogen-bond acceptors (Lipinski definition) is 6. The molecule has 0 radical (unpaired) electrons. The van der Waals surface area contributed by atoms with Crippen LogP contribution in [-0.2, 0) is 10.2 Å². The molecule has 2 aromatic rings. The third-order valence-electron chi connectivity index (χ3n) is 5.79. The minimum atomic E-state index is -0.567. The van der Waals surface area contributed by atoms with Gasteiger partial charge in [-0.05, 0) is 56.7 Å². The largest absolute Gasteiger partial charge is 0.368 e. The lowest BCUT2D eigenvalue weighted by atomic mass is 9.67. The van der Waals surface area contributed by atoms with Gasteiger partial charge in [0.15, 0.2) is 5.13 Å². The summed E-state index contributed by atoms with van der Waals surface area (Å²) in [6, 6.07) is 5.35. The van der Waals surface area contributed by atoms with Gasteiger partial charge in [0.2, 0.25) is 5.91 Å². The first-order valence-electron chi connectivity index (χ1n) is 9.66. The van der Waals surface area contributed by atoms with Crippen LogP contribution in [0, 0.1) is 18.3 Å². The maximum Gasteiger partial charge on any atom is 0.324 e. The number of urea groups is 1. The molecular formula is C20H22N6O2S. The highest BCUT2D eigenvalue weighted by Crippen LogP contribution is 2.43. The number of nitriles is 1. The number of amides is 3. The van der Waals surface area contributed by atoms with Crippen LogP contribution in [-0.4, -0.2) is 39.4 Å². The summed E-state index contributed by atoms with van der Waals surface area (Å²) < 4.78 is 0. The Bertz CT molecular complexity index is 1010. The maximum atomic E-state index is 12.6. The predicted octanol–water partition coefficient (Wildman–Crippen LogP) is 2.94. The van der Waals surface area contributed by atoms with E-state index in [1.807, 2.05) is 19.1 Å². The second-order valence-electron chi connectivity index (χ2n) is 7.59. The van der Waals surface area contributed by atoms with E-state index in [-0.39, 0.29) is 6.03 Å². The fourth-order valence-electron chi connectivity index (χ4n) is 3.98. The first-order chi connectivity index (χ1) is 13.9. The number of aromatic nitrogens is 2. The molecule has 150 valence electrons. The van der Waals surface area contributed by atoms with Crippen molar-refractivity contribution in [1.82, 2.24) is 14.9 Å². The number of carbonyl (C=O) groups is 2. The Morgan fingerprint density at radius 1 is 1.41 bits per heavy atom.